The number of benzene rings is 1. The molecule has 0 radical (unpaired) electrons. The van der Waals surface area contributed by atoms with Gasteiger partial charge in [-0.1, -0.05) is 18.2 Å². The van der Waals surface area contributed by atoms with Crippen molar-refractivity contribution in [3.05, 3.63) is 29.8 Å². The van der Waals surface area contributed by atoms with Crippen LogP contribution in [0.2, 0.25) is 0 Å². The largest absolute Gasteiger partial charge is 0.508 e. The monoisotopic (exact) mass is 264 g/mol. The van der Waals surface area contributed by atoms with E-state index in [4.69, 9.17) is 10.5 Å². The Labute approximate surface area is 113 Å². The molecule has 1 aromatic carbocycles. The van der Waals surface area contributed by atoms with Crippen LogP contribution in [0.15, 0.2) is 24.3 Å². The lowest BCUT2D eigenvalue weighted by Gasteiger charge is -2.29. The molecule has 0 aromatic heterocycles. The van der Waals surface area contributed by atoms with E-state index in [-0.39, 0.29) is 29.7 Å². The van der Waals surface area contributed by atoms with E-state index in [1.807, 2.05) is 19.1 Å². The number of hydrogen-bond donors (Lipinski definition) is 2. The minimum absolute atomic E-state index is 0.0410. The SMILES string of the molecule is CC(c1ccccc1O)N(C)C(=O)C1COCC1N. The lowest BCUT2D eigenvalue weighted by atomic mass is 10.00. The van der Waals surface area contributed by atoms with Gasteiger partial charge >= 0.3 is 0 Å². The van der Waals surface area contributed by atoms with Gasteiger partial charge in [0.1, 0.15) is 5.75 Å². The van der Waals surface area contributed by atoms with Gasteiger partial charge in [0.2, 0.25) is 5.91 Å². The predicted molar refractivity (Wildman–Crippen MR) is 71.6 cm³/mol. The van der Waals surface area contributed by atoms with E-state index in [9.17, 15) is 9.90 Å². The zero-order valence-corrected chi connectivity index (χ0v) is 11.2. The zero-order chi connectivity index (χ0) is 14.0. The van der Waals surface area contributed by atoms with Gasteiger partial charge in [-0.3, -0.25) is 4.79 Å². The Bertz CT molecular complexity index is 464. The van der Waals surface area contributed by atoms with Crippen LogP contribution in [0.5, 0.6) is 5.75 Å². The molecule has 1 saturated heterocycles. The van der Waals surface area contributed by atoms with E-state index < -0.39 is 0 Å². The first-order chi connectivity index (χ1) is 9.02. The maximum atomic E-state index is 12.4. The minimum Gasteiger partial charge on any atom is -0.508 e. The number of rotatable bonds is 3. The fraction of sp³-hybridized carbons (Fsp3) is 0.500. The van der Waals surface area contributed by atoms with Gasteiger partial charge in [-0.25, -0.2) is 0 Å². The summed E-state index contributed by atoms with van der Waals surface area (Å²) in [5, 5.41) is 9.84. The van der Waals surface area contributed by atoms with E-state index in [1.54, 1.807) is 24.1 Å². The molecule has 0 bridgehead atoms. The van der Waals surface area contributed by atoms with Crippen LogP contribution in [-0.4, -0.2) is 42.2 Å². The smallest absolute Gasteiger partial charge is 0.229 e. The van der Waals surface area contributed by atoms with Gasteiger partial charge in [-0.2, -0.15) is 0 Å². The molecular weight excluding hydrogens is 244 g/mol. The molecule has 1 aliphatic rings. The first-order valence-electron chi connectivity index (χ1n) is 6.40. The Morgan fingerprint density at radius 2 is 2.16 bits per heavy atom. The third-order valence-electron chi connectivity index (χ3n) is 3.76. The fourth-order valence-corrected chi connectivity index (χ4v) is 2.33. The van der Waals surface area contributed by atoms with Gasteiger partial charge in [0.15, 0.2) is 0 Å². The van der Waals surface area contributed by atoms with Crippen molar-refractivity contribution in [2.45, 2.75) is 19.0 Å². The molecule has 1 heterocycles. The van der Waals surface area contributed by atoms with Crippen LogP contribution in [0.4, 0.5) is 0 Å². The average Bonchev–Trinajstić information content (AvgIpc) is 2.83. The van der Waals surface area contributed by atoms with Crippen LogP contribution in [0.3, 0.4) is 0 Å². The van der Waals surface area contributed by atoms with Gasteiger partial charge in [-0.05, 0) is 13.0 Å². The van der Waals surface area contributed by atoms with Crippen LogP contribution in [0.25, 0.3) is 0 Å². The maximum Gasteiger partial charge on any atom is 0.229 e. The van der Waals surface area contributed by atoms with E-state index in [0.29, 0.717) is 13.2 Å². The quantitative estimate of drug-likeness (QED) is 0.850. The van der Waals surface area contributed by atoms with E-state index in [2.05, 4.69) is 0 Å². The molecule has 5 nitrogen and oxygen atoms in total. The number of nitrogens with zero attached hydrogens (tertiary/aromatic N) is 1. The average molecular weight is 264 g/mol. The van der Waals surface area contributed by atoms with Gasteiger partial charge in [0.05, 0.1) is 25.2 Å². The number of para-hydroxylation sites is 1. The lowest BCUT2D eigenvalue weighted by molar-refractivity contribution is -0.136. The third kappa shape index (κ3) is 2.72. The van der Waals surface area contributed by atoms with Crippen molar-refractivity contribution in [2.75, 3.05) is 20.3 Å². The lowest BCUT2D eigenvalue weighted by Crippen LogP contribution is -2.42. The summed E-state index contributed by atoms with van der Waals surface area (Å²) in [6.07, 6.45) is 0. The molecule has 0 aliphatic carbocycles. The number of hydrogen-bond acceptors (Lipinski definition) is 4. The Morgan fingerprint density at radius 1 is 1.47 bits per heavy atom. The fourth-order valence-electron chi connectivity index (χ4n) is 2.33. The van der Waals surface area contributed by atoms with E-state index in [1.165, 1.54) is 0 Å². The molecule has 1 fully saturated rings. The number of aromatic hydroxyl groups is 1. The molecule has 3 unspecified atom stereocenters. The summed E-state index contributed by atoms with van der Waals surface area (Å²) in [6.45, 7) is 2.68. The molecule has 3 N–H and O–H groups in total. The van der Waals surface area contributed by atoms with Crippen molar-refractivity contribution < 1.29 is 14.6 Å². The highest BCUT2D eigenvalue weighted by atomic mass is 16.5. The highest BCUT2D eigenvalue weighted by molar-refractivity contribution is 5.80. The molecule has 104 valence electrons. The second kappa shape index (κ2) is 5.59. The van der Waals surface area contributed by atoms with Crippen LogP contribution in [-0.2, 0) is 9.53 Å². The van der Waals surface area contributed by atoms with Gasteiger partial charge in [0.25, 0.3) is 0 Å². The number of phenols is 1. The predicted octanol–water partition coefficient (Wildman–Crippen LogP) is 0.885. The molecule has 1 aliphatic heterocycles. The van der Waals surface area contributed by atoms with E-state index in [0.717, 1.165) is 5.56 Å². The van der Waals surface area contributed by atoms with Crippen molar-refractivity contribution in [1.82, 2.24) is 4.90 Å². The Morgan fingerprint density at radius 3 is 2.74 bits per heavy atom. The van der Waals surface area contributed by atoms with Gasteiger partial charge < -0.3 is 20.5 Å². The normalized spacial score (nSPS) is 24.2. The Kier molecular flexibility index (Phi) is 4.07. The van der Waals surface area contributed by atoms with Crippen molar-refractivity contribution in [3.8, 4) is 5.75 Å². The summed E-state index contributed by atoms with van der Waals surface area (Å²) in [4.78, 5) is 14.0. The number of carbonyl (C=O) groups is 1. The summed E-state index contributed by atoms with van der Waals surface area (Å²) in [6, 6.07) is 6.58. The van der Waals surface area contributed by atoms with Crippen LogP contribution < -0.4 is 5.73 Å². The molecule has 19 heavy (non-hydrogen) atoms. The number of carbonyl (C=O) groups excluding carboxylic acids is 1. The number of phenolic OH excluding ortho intramolecular Hbond substituents is 1. The molecule has 0 saturated carbocycles. The van der Waals surface area contributed by atoms with E-state index >= 15 is 0 Å². The highest BCUT2D eigenvalue weighted by Gasteiger charge is 2.35. The molecule has 3 atom stereocenters. The van der Waals surface area contributed by atoms with Crippen LogP contribution in [0.1, 0.15) is 18.5 Å². The van der Waals surface area contributed by atoms with Gasteiger partial charge in [-0.15, -0.1) is 0 Å². The summed E-state index contributed by atoms with van der Waals surface area (Å²) in [5.74, 6) is -0.138. The minimum atomic E-state index is -0.293. The number of ether oxygens (including phenoxy) is 1. The highest BCUT2D eigenvalue weighted by Crippen LogP contribution is 2.28. The Balaban J connectivity index is 2.13. The van der Waals surface area contributed by atoms with Crippen molar-refractivity contribution in [1.29, 1.82) is 0 Å². The summed E-state index contributed by atoms with van der Waals surface area (Å²) in [7, 11) is 1.73. The van der Waals surface area contributed by atoms with Crippen molar-refractivity contribution in [2.24, 2.45) is 11.7 Å². The molecule has 5 heteroatoms. The third-order valence-corrected chi connectivity index (χ3v) is 3.76. The first kappa shape index (κ1) is 13.8. The standard InChI is InChI=1S/C14H20N2O3/c1-9(10-5-3-4-6-13(10)17)16(2)14(18)11-7-19-8-12(11)15/h3-6,9,11-12,17H,7-8,15H2,1-2H3. The first-order valence-corrected chi connectivity index (χ1v) is 6.40. The molecular formula is C14H20N2O3. The summed E-state index contributed by atoms with van der Waals surface area (Å²) in [5.41, 5.74) is 6.59. The maximum absolute atomic E-state index is 12.4. The van der Waals surface area contributed by atoms with Crippen LogP contribution in [0, 0.1) is 5.92 Å². The number of amides is 1. The zero-order valence-electron chi connectivity index (χ0n) is 11.2. The molecule has 1 amide bonds. The second-order valence-electron chi connectivity index (χ2n) is 4.99. The second-order valence-corrected chi connectivity index (χ2v) is 4.99. The molecule has 0 spiro atoms. The molecule has 2 rings (SSSR count). The van der Waals surface area contributed by atoms with Crippen LogP contribution >= 0.6 is 0 Å². The molecule has 1 aromatic rings. The van der Waals surface area contributed by atoms with Gasteiger partial charge in [0, 0.05) is 18.7 Å². The summed E-state index contributed by atoms with van der Waals surface area (Å²) >= 11 is 0. The van der Waals surface area contributed by atoms with Crippen molar-refractivity contribution in [3.63, 3.8) is 0 Å². The summed E-state index contributed by atoms with van der Waals surface area (Å²) < 4.78 is 5.23. The topological polar surface area (TPSA) is 75.8 Å². The van der Waals surface area contributed by atoms with Crippen molar-refractivity contribution >= 4 is 5.91 Å². The Hall–Kier alpha value is -1.59. The number of nitrogens with two attached hydrogens (primary N) is 1.